The first-order valence-electron chi connectivity index (χ1n) is 2.07. The van der Waals surface area contributed by atoms with Crippen molar-refractivity contribution in [3.63, 3.8) is 0 Å². The first-order valence-corrected chi connectivity index (χ1v) is 3.32. The van der Waals surface area contributed by atoms with Gasteiger partial charge in [-0.25, -0.2) is 8.42 Å². The van der Waals surface area contributed by atoms with Crippen molar-refractivity contribution in [1.29, 1.82) is 0 Å². The topological polar surface area (TPSA) is 60.2 Å². The van der Waals surface area contributed by atoms with E-state index in [0.29, 0.717) is 6.42 Å². The maximum Gasteiger partial charge on any atom is 0.155 e. The average molecular weight is 123 g/mol. The van der Waals surface area contributed by atoms with Gasteiger partial charge in [-0.3, -0.25) is 0 Å². The van der Waals surface area contributed by atoms with Crippen LogP contribution in [0.3, 0.4) is 0 Å². The highest BCUT2D eigenvalue weighted by Gasteiger charge is 1.96. The Kier molecular flexibility index (Phi) is 2.95. The van der Waals surface area contributed by atoms with Gasteiger partial charge in [-0.05, 0) is 6.42 Å². The fourth-order valence-electron chi connectivity index (χ4n) is 0.149. The first kappa shape index (κ1) is 6.91. The molecule has 0 aliphatic heterocycles. The van der Waals surface area contributed by atoms with Crippen LogP contribution in [-0.4, -0.2) is 13.8 Å². The summed E-state index contributed by atoms with van der Waals surface area (Å²) in [6.07, 6.45) is 0.499. The zero-order chi connectivity index (χ0) is 5.86. The van der Waals surface area contributed by atoms with Crippen LogP contribution < -0.4 is 5.73 Å². The second-order valence-electron chi connectivity index (χ2n) is 1.26. The molecular weight excluding hydrogens is 114 g/mol. The summed E-state index contributed by atoms with van der Waals surface area (Å²) in [5, 5.41) is -0.644. The van der Waals surface area contributed by atoms with Crippen molar-refractivity contribution in [2.75, 3.05) is 0 Å². The zero-order valence-corrected chi connectivity index (χ0v) is 5.02. The maximum atomic E-state index is 9.84. The van der Waals surface area contributed by atoms with E-state index in [-0.39, 0.29) is 0 Å². The van der Waals surface area contributed by atoms with E-state index in [4.69, 9.17) is 5.73 Å². The van der Waals surface area contributed by atoms with Gasteiger partial charge in [-0.1, -0.05) is 6.92 Å². The van der Waals surface area contributed by atoms with Crippen LogP contribution in [0.2, 0.25) is 0 Å². The highest BCUT2D eigenvalue weighted by molar-refractivity contribution is 7.73. The van der Waals surface area contributed by atoms with Gasteiger partial charge in [-0.15, -0.1) is 0 Å². The summed E-state index contributed by atoms with van der Waals surface area (Å²) in [4.78, 5) is 0. The highest BCUT2D eigenvalue weighted by atomic mass is 32.2. The van der Waals surface area contributed by atoms with Crippen molar-refractivity contribution in [1.82, 2.24) is 0 Å². The highest BCUT2D eigenvalue weighted by Crippen LogP contribution is 1.82. The van der Waals surface area contributed by atoms with Crippen molar-refractivity contribution >= 4 is 10.7 Å². The smallest absolute Gasteiger partial charge is 0.155 e. The molecule has 7 heavy (non-hydrogen) atoms. The lowest BCUT2D eigenvalue weighted by molar-refractivity contribution is 0.598. The van der Waals surface area contributed by atoms with Gasteiger partial charge in [0.1, 0.15) is 5.37 Å². The van der Waals surface area contributed by atoms with Crippen LogP contribution in [0, 0.1) is 0 Å². The standard InChI is InChI=1S/C3H9NO2S/c1-2-3(4)7(5)6/h3,7H,2,4H2,1H3. The number of nitrogens with two attached hydrogens (primary N) is 1. The summed E-state index contributed by atoms with van der Waals surface area (Å²) in [7, 11) is -2.38. The van der Waals surface area contributed by atoms with Gasteiger partial charge in [-0.2, -0.15) is 0 Å². The number of hydrogen-bond acceptors (Lipinski definition) is 3. The van der Waals surface area contributed by atoms with Gasteiger partial charge >= 0.3 is 0 Å². The van der Waals surface area contributed by atoms with E-state index in [1.807, 2.05) is 0 Å². The van der Waals surface area contributed by atoms with E-state index < -0.39 is 16.1 Å². The molecule has 0 radical (unpaired) electrons. The molecule has 0 amide bonds. The molecule has 0 aromatic carbocycles. The van der Waals surface area contributed by atoms with Gasteiger partial charge in [0.2, 0.25) is 0 Å². The van der Waals surface area contributed by atoms with Crippen LogP contribution in [0.4, 0.5) is 0 Å². The average Bonchev–Trinajstić information content (AvgIpc) is 1.65. The van der Waals surface area contributed by atoms with Gasteiger partial charge in [0.25, 0.3) is 0 Å². The third kappa shape index (κ3) is 2.59. The predicted molar refractivity (Wildman–Crippen MR) is 28.6 cm³/mol. The summed E-state index contributed by atoms with van der Waals surface area (Å²) in [6.45, 7) is 1.73. The normalized spacial score (nSPS) is 14.7. The minimum Gasteiger partial charge on any atom is -0.315 e. The van der Waals surface area contributed by atoms with Gasteiger partial charge in [0, 0.05) is 0 Å². The van der Waals surface area contributed by atoms with Gasteiger partial charge in [0.05, 0.1) is 0 Å². The van der Waals surface area contributed by atoms with Crippen molar-refractivity contribution in [2.24, 2.45) is 5.73 Å². The SMILES string of the molecule is CCC(N)[SH](=O)=O. The summed E-state index contributed by atoms with van der Waals surface area (Å²) in [5.41, 5.74) is 5.02. The molecular formula is C3H9NO2S. The Labute approximate surface area is 44.5 Å². The van der Waals surface area contributed by atoms with Crippen LogP contribution in [0.1, 0.15) is 13.3 Å². The minimum absolute atomic E-state index is 0.499. The van der Waals surface area contributed by atoms with E-state index >= 15 is 0 Å². The van der Waals surface area contributed by atoms with Crippen LogP contribution in [-0.2, 0) is 10.7 Å². The molecule has 44 valence electrons. The Morgan fingerprint density at radius 2 is 2.14 bits per heavy atom. The summed E-state index contributed by atoms with van der Waals surface area (Å²) >= 11 is 0. The molecule has 1 unspecified atom stereocenters. The van der Waals surface area contributed by atoms with E-state index in [1.165, 1.54) is 0 Å². The molecule has 0 bridgehead atoms. The van der Waals surface area contributed by atoms with Crippen LogP contribution >= 0.6 is 0 Å². The molecule has 0 aromatic rings. The molecule has 0 aliphatic carbocycles. The lowest BCUT2D eigenvalue weighted by Crippen LogP contribution is -2.19. The molecule has 0 fully saturated rings. The fraction of sp³-hybridized carbons (Fsp3) is 1.00. The quantitative estimate of drug-likeness (QED) is 0.477. The fourth-order valence-corrected chi connectivity index (χ4v) is 0.447. The Morgan fingerprint density at radius 1 is 1.71 bits per heavy atom. The molecule has 0 heterocycles. The molecule has 0 spiro atoms. The number of thiol groups is 1. The first-order chi connectivity index (χ1) is 3.18. The molecule has 0 aliphatic rings. The maximum absolute atomic E-state index is 9.84. The molecule has 0 rings (SSSR count). The molecule has 0 saturated carbocycles. The van der Waals surface area contributed by atoms with Crippen molar-refractivity contribution in [2.45, 2.75) is 18.7 Å². The van der Waals surface area contributed by atoms with Crippen molar-refractivity contribution in [3.8, 4) is 0 Å². The Balaban J connectivity index is 3.57. The molecule has 3 nitrogen and oxygen atoms in total. The molecule has 4 heteroatoms. The van der Waals surface area contributed by atoms with Crippen LogP contribution in [0.5, 0.6) is 0 Å². The van der Waals surface area contributed by atoms with Crippen molar-refractivity contribution < 1.29 is 8.42 Å². The number of hydrogen-bond donors (Lipinski definition) is 2. The third-order valence-corrected chi connectivity index (χ3v) is 1.60. The summed E-state index contributed by atoms with van der Waals surface area (Å²) in [6, 6.07) is 0. The van der Waals surface area contributed by atoms with Crippen LogP contribution in [0.15, 0.2) is 0 Å². The number of rotatable bonds is 2. The largest absolute Gasteiger partial charge is 0.315 e. The van der Waals surface area contributed by atoms with Crippen LogP contribution in [0.25, 0.3) is 0 Å². The zero-order valence-electron chi connectivity index (χ0n) is 4.13. The third-order valence-electron chi connectivity index (χ3n) is 0.689. The second-order valence-corrected chi connectivity index (χ2v) is 2.49. The van der Waals surface area contributed by atoms with Gasteiger partial charge in [0.15, 0.2) is 10.7 Å². The summed E-state index contributed by atoms with van der Waals surface area (Å²) in [5.74, 6) is 0. The second kappa shape index (κ2) is 2.98. The Hall–Kier alpha value is -0.0900. The molecule has 2 N–H and O–H groups in total. The predicted octanol–water partition coefficient (Wildman–Crippen LogP) is -0.707. The molecule has 0 aromatic heterocycles. The van der Waals surface area contributed by atoms with E-state index in [9.17, 15) is 8.42 Å². The lowest BCUT2D eigenvalue weighted by Gasteiger charge is -1.92. The van der Waals surface area contributed by atoms with Gasteiger partial charge < -0.3 is 5.73 Å². The van der Waals surface area contributed by atoms with E-state index in [2.05, 4.69) is 0 Å². The molecule has 1 atom stereocenters. The molecule has 0 saturated heterocycles. The Bertz CT molecular complexity index is 102. The van der Waals surface area contributed by atoms with E-state index in [1.54, 1.807) is 6.92 Å². The minimum atomic E-state index is -2.38. The van der Waals surface area contributed by atoms with Crippen molar-refractivity contribution in [3.05, 3.63) is 0 Å². The monoisotopic (exact) mass is 123 g/mol. The lowest BCUT2D eigenvalue weighted by atomic mass is 10.5. The van der Waals surface area contributed by atoms with E-state index in [0.717, 1.165) is 0 Å². The Morgan fingerprint density at radius 3 is 2.14 bits per heavy atom. The summed E-state index contributed by atoms with van der Waals surface area (Å²) < 4.78 is 19.7.